The number of H-pyrrole nitrogens is 2. The molecule has 0 saturated heterocycles. The molecule has 0 atom stereocenters. The largest absolute Gasteiger partial charge is 0.359 e. The number of nitrogens with two attached hydrogens (primary N) is 1. The smallest absolute Gasteiger partial charge is 0.277 e. The third-order valence-electron chi connectivity index (χ3n) is 2.35. The highest BCUT2D eigenvalue weighted by molar-refractivity contribution is 5.18. The van der Waals surface area contributed by atoms with Crippen molar-refractivity contribution in [3.8, 4) is 0 Å². The van der Waals surface area contributed by atoms with Gasteiger partial charge in [0.15, 0.2) is 0 Å². The number of aromatic amines is 2. The van der Waals surface area contributed by atoms with Crippen LogP contribution in [-0.4, -0.2) is 53.6 Å². The van der Waals surface area contributed by atoms with Gasteiger partial charge in [-0.2, -0.15) is 10.4 Å². The summed E-state index contributed by atoms with van der Waals surface area (Å²) in [6, 6.07) is 0. The van der Waals surface area contributed by atoms with Gasteiger partial charge in [0.1, 0.15) is 5.72 Å². The predicted molar refractivity (Wildman–Crippen MR) is 66.5 cm³/mol. The Morgan fingerprint density at radius 1 is 1.20 bits per heavy atom. The van der Waals surface area contributed by atoms with Gasteiger partial charge in [0.2, 0.25) is 0 Å². The second-order valence-corrected chi connectivity index (χ2v) is 3.79. The molecule has 1 aliphatic carbocycles. The summed E-state index contributed by atoms with van der Waals surface area (Å²) in [5.41, 5.74) is 7.82. The Bertz CT molecular complexity index is 464. The van der Waals surface area contributed by atoms with Crippen LogP contribution in [0.25, 0.3) is 0 Å². The van der Waals surface area contributed by atoms with Crippen LogP contribution in [0.15, 0.2) is 0 Å². The van der Waals surface area contributed by atoms with Crippen LogP contribution in [0.1, 0.15) is 19.8 Å². The number of aromatic nitrogens is 8. The lowest BCUT2D eigenvalue weighted by Crippen LogP contribution is -2.38. The van der Waals surface area contributed by atoms with Crippen molar-refractivity contribution in [1.29, 1.82) is 0 Å². The van der Waals surface area contributed by atoms with Crippen LogP contribution < -0.4 is 22.1 Å². The second kappa shape index (κ2) is 6.69. The second-order valence-electron chi connectivity index (χ2n) is 3.79. The fourth-order valence-electron chi connectivity index (χ4n) is 1.30. The van der Waals surface area contributed by atoms with Crippen LogP contribution >= 0.6 is 0 Å². The van der Waals surface area contributed by atoms with Gasteiger partial charge in [0, 0.05) is 6.61 Å². The van der Waals surface area contributed by atoms with Gasteiger partial charge in [-0.25, -0.2) is 11.3 Å². The lowest BCUT2D eigenvalue weighted by atomic mass is 10.6. The predicted octanol–water partition coefficient (Wildman–Crippen LogP) is -1.87. The molecule has 0 aromatic carbocycles. The first-order valence-corrected chi connectivity index (χ1v) is 5.88. The Morgan fingerprint density at radius 2 is 1.85 bits per heavy atom. The number of tetrazole rings is 2. The van der Waals surface area contributed by atoms with Gasteiger partial charge < -0.3 is 4.74 Å². The van der Waals surface area contributed by atoms with E-state index in [-0.39, 0.29) is 5.72 Å². The number of nitrogens with one attached hydrogen (secondary N) is 5. The van der Waals surface area contributed by atoms with Crippen LogP contribution in [0.3, 0.4) is 0 Å². The Morgan fingerprint density at radius 3 is 2.25 bits per heavy atom. The maximum absolute atomic E-state index is 5.48. The van der Waals surface area contributed by atoms with E-state index in [0.717, 1.165) is 12.8 Å². The van der Waals surface area contributed by atoms with E-state index in [0.29, 0.717) is 18.5 Å². The van der Waals surface area contributed by atoms with Crippen LogP contribution in [0.4, 0.5) is 11.9 Å². The van der Waals surface area contributed by atoms with Crippen LogP contribution in [0, 0.1) is 0 Å². The van der Waals surface area contributed by atoms with Crippen molar-refractivity contribution in [2.45, 2.75) is 25.5 Å². The Hall–Kier alpha value is -2.38. The number of ether oxygens (including phenoxy) is 1. The van der Waals surface area contributed by atoms with Gasteiger partial charge in [-0.05, 0) is 30.2 Å². The lowest BCUT2D eigenvalue weighted by Gasteiger charge is -2.16. The average Bonchev–Trinajstić information content (AvgIpc) is 2.94. The molecule has 0 unspecified atom stereocenters. The quantitative estimate of drug-likeness (QED) is 0.198. The maximum Gasteiger partial charge on any atom is 0.277 e. The first kappa shape index (κ1) is 14.0. The SMILES string of the molecule is CCOC1(NNc2nn[nH]n2)CC1.NNc1nn[nH]n1. The van der Waals surface area contributed by atoms with Crippen molar-refractivity contribution < 1.29 is 4.74 Å². The summed E-state index contributed by atoms with van der Waals surface area (Å²) in [5.74, 6) is 5.57. The lowest BCUT2D eigenvalue weighted by molar-refractivity contribution is 0.0216. The van der Waals surface area contributed by atoms with E-state index in [4.69, 9.17) is 10.6 Å². The molecule has 13 heteroatoms. The van der Waals surface area contributed by atoms with Crippen molar-refractivity contribution in [3.05, 3.63) is 0 Å². The molecule has 2 heterocycles. The number of hydrazine groups is 2. The van der Waals surface area contributed by atoms with Crippen molar-refractivity contribution in [3.63, 3.8) is 0 Å². The summed E-state index contributed by atoms with van der Waals surface area (Å²) in [6.45, 7) is 2.66. The number of rotatable bonds is 6. The molecular formula is C7H16N12O. The molecule has 0 radical (unpaired) electrons. The van der Waals surface area contributed by atoms with E-state index in [1.54, 1.807) is 0 Å². The number of hydrogen-bond donors (Lipinski definition) is 6. The van der Waals surface area contributed by atoms with Crippen LogP contribution in [0.2, 0.25) is 0 Å². The standard InChI is InChI=1S/C6H12N6O.CH4N6/c1-2-13-6(3-4-6)10-7-5-8-11-12-9-5;2-3-1-4-6-7-5-1/h10H,2-4H2,1H3,(H2,7,8,9,11,12);2H2,(H2,3,4,5,6,7). The summed E-state index contributed by atoms with van der Waals surface area (Å²) in [6.07, 6.45) is 2.01. The zero-order valence-electron chi connectivity index (χ0n) is 10.8. The summed E-state index contributed by atoms with van der Waals surface area (Å²) in [7, 11) is 0. The van der Waals surface area contributed by atoms with Gasteiger partial charge in [-0.3, -0.25) is 10.9 Å². The number of nitrogen functional groups attached to an aromatic ring is 1. The van der Waals surface area contributed by atoms with Crippen molar-refractivity contribution in [1.82, 2.24) is 46.7 Å². The Kier molecular flexibility index (Phi) is 4.70. The van der Waals surface area contributed by atoms with E-state index in [2.05, 4.69) is 57.5 Å². The number of hydrogen-bond acceptors (Lipinski definition) is 11. The van der Waals surface area contributed by atoms with Gasteiger partial charge in [-0.1, -0.05) is 10.2 Å². The third-order valence-corrected chi connectivity index (χ3v) is 2.35. The molecule has 0 spiro atoms. The highest BCUT2D eigenvalue weighted by Gasteiger charge is 2.43. The fourth-order valence-corrected chi connectivity index (χ4v) is 1.30. The number of nitrogens with zero attached hydrogens (tertiary/aromatic N) is 6. The summed E-state index contributed by atoms with van der Waals surface area (Å²) < 4.78 is 5.48. The molecule has 13 nitrogen and oxygen atoms in total. The first-order valence-electron chi connectivity index (χ1n) is 5.88. The maximum atomic E-state index is 5.48. The third kappa shape index (κ3) is 4.08. The monoisotopic (exact) mass is 284 g/mol. The fraction of sp³-hybridized carbons (Fsp3) is 0.714. The zero-order valence-corrected chi connectivity index (χ0v) is 10.8. The molecule has 3 rings (SSSR count). The minimum absolute atomic E-state index is 0.213. The van der Waals surface area contributed by atoms with Crippen molar-refractivity contribution in [2.24, 2.45) is 5.84 Å². The first-order chi connectivity index (χ1) is 9.78. The number of anilines is 2. The molecule has 1 aliphatic rings. The zero-order chi connectivity index (χ0) is 14.3. The molecule has 0 bridgehead atoms. The molecule has 2 aromatic rings. The van der Waals surface area contributed by atoms with E-state index >= 15 is 0 Å². The summed E-state index contributed by atoms with van der Waals surface area (Å²) >= 11 is 0. The van der Waals surface area contributed by atoms with E-state index in [1.165, 1.54) is 0 Å². The molecule has 110 valence electrons. The topological polar surface area (TPSA) is 180 Å². The highest BCUT2D eigenvalue weighted by Crippen LogP contribution is 2.36. The van der Waals surface area contributed by atoms with Crippen LogP contribution in [0.5, 0.6) is 0 Å². The normalized spacial score (nSPS) is 15.1. The van der Waals surface area contributed by atoms with Crippen molar-refractivity contribution >= 4 is 11.9 Å². The van der Waals surface area contributed by atoms with Gasteiger partial charge in [0.05, 0.1) is 0 Å². The highest BCUT2D eigenvalue weighted by atomic mass is 16.5. The van der Waals surface area contributed by atoms with Gasteiger partial charge in [0.25, 0.3) is 11.9 Å². The van der Waals surface area contributed by atoms with Crippen LogP contribution in [-0.2, 0) is 4.74 Å². The molecule has 0 aliphatic heterocycles. The molecule has 20 heavy (non-hydrogen) atoms. The van der Waals surface area contributed by atoms with E-state index < -0.39 is 0 Å². The Labute approximate surface area is 113 Å². The molecular weight excluding hydrogens is 268 g/mol. The van der Waals surface area contributed by atoms with E-state index in [9.17, 15) is 0 Å². The van der Waals surface area contributed by atoms with Gasteiger partial charge >= 0.3 is 0 Å². The molecule has 0 amide bonds. The minimum atomic E-state index is -0.213. The molecule has 7 N–H and O–H groups in total. The minimum Gasteiger partial charge on any atom is -0.359 e. The van der Waals surface area contributed by atoms with Crippen molar-refractivity contribution in [2.75, 3.05) is 17.5 Å². The average molecular weight is 284 g/mol. The summed E-state index contributed by atoms with van der Waals surface area (Å²) in [4.78, 5) is 0. The van der Waals surface area contributed by atoms with Gasteiger partial charge in [-0.15, -0.1) is 10.2 Å². The molecule has 1 saturated carbocycles. The van der Waals surface area contributed by atoms with E-state index in [1.807, 2.05) is 6.92 Å². The Balaban J connectivity index is 0.000000178. The molecule has 2 aromatic heterocycles. The summed E-state index contributed by atoms with van der Waals surface area (Å²) in [5, 5.41) is 25.5. The molecule has 1 fully saturated rings.